The number of carbonyl (C=O) groups excluding carboxylic acids is 1. The van der Waals surface area contributed by atoms with Gasteiger partial charge in [-0.05, 0) is 63.5 Å². The van der Waals surface area contributed by atoms with Gasteiger partial charge in [-0.15, -0.1) is 0 Å². The van der Waals surface area contributed by atoms with Crippen LogP contribution in [0.25, 0.3) is 10.8 Å². The van der Waals surface area contributed by atoms with E-state index < -0.39 is 5.97 Å². The summed E-state index contributed by atoms with van der Waals surface area (Å²) in [6, 6.07) is 17.1. The average Bonchev–Trinajstić information content (AvgIpc) is 2.58. The van der Waals surface area contributed by atoms with E-state index in [-0.39, 0.29) is 6.61 Å². The summed E-state index contributed by atoms with van der Waals surface area (Å²) >= 11 is 6.95. The first-order valence-corrected chi connectivity index (χ1v) is 8.90. The van der Waals surface area contributed by atoms with Crippen LogP contribution in [0.5, 0.6) is 11.5 Å². The molecule has 0 bridgehead atoms. The molecule has 3 nitrogen and oxygen atoms in total. The fraction of sp³-hybridized carbons (Fsp3) is 0.105. The van der Waals surface area contributed by atoms with E-state index in [2.05, 4.69) is 31.9 Å². The van der Waals surface area contributed by atoms with Crippen LogP contribution in [0.2, 0.25) is 0 Å². The van der Waals surface area contributed by atoms with Crippen LogP contribution in [0.3, 0.4) is 0 Å². The Hall–Kier alpha value is -1.85. The SMILES string of the molecule is Cc1cc(OC(=O)COc2ccc3ccccc3c2Br)ccc1Br. The number of ether oxygens (including phenoxy) is 2. The lowest BCUT2D eigenvalue weighted by molar-refractivity contribution is -0.136. The van der Waals surface area contributed by atoms with Gasteiger partial charge in [0.25, 0.3) is 0 Å². The second kappa shape index (κ2) is 7.36. The second-order valence-electron chi connectivity index (χ2n) is 5.27. The average molecular weight is 450 g/mol. The van der Waals surface area contributed by atoms with E-state index in [1.54, 1.807) is 12.1 Å². The fourth-order valence-corrected chi connectivity index (χ4v) is 3.16. The van der Waals surface area contributed by atoms with Gasteiger partial charge in [0.05, 0.1) is 4.47 Å². The fourth-order valence-electron chi connectivity index (χ4n) is 2.30. The lowest BCUT2D eigenvalue weighted by atomic mass is 10.1. The van der Waals surface area contributed by atoms with Crippen molar-refractivity contribution in [1.29, 1.82) is 0 Å². The molecule has 0 aliphatic heterocycles. The quantitative estimate of drug-likeness (QED) is 0.381. The van der Waals surface area contributed by atoms with Crippen LogP contribution in [0.15, 0.2) is 63.5 Å². The Labute approximate surface area is 156 Å². The van der Waals surface area contributed by atoms with Crippen LogP contribution in [0.4, 0.5) is 0 Å². The van der Waals surface area contributed by atoms with E-state index in [0.717, 1.165) is 25.3 Å². The minimum atomic E-state index is -0.447. The highest BCUT2D eigenvalue weighted by Gasteiger charge is 2.10. The normalized spacial score (nSPS) is 10.6. The van der Waals surface area contributed by atoms with E-state index in [4.69, 9.17) is 9.47 Å². The number of hydrogen-bond acceptors (Lipinski definition) is 3. The van der Waals surface area contributed by atoms with Crippen molar-refractivity contribution in [2.45, 2.75) is 6.92 Å². The number of carbonyl (C=O) groups is 1. The van der Waals surface area contributed by atoms with Gasteiger partial charge in [-0.25, -0.2) is 4.79 Å². The summed E-state index contributed by atoms with van der Waals surface area (Å²) in [5.41, 5.74) is 0.999. The zero-order valence-electron chi connectivity index (χ0n) is 12.9. The molecule has 0 aliphatic carbocycles. The molecule has 0 radical (unpaired) electrons. The Balaban J connectivity index is 1.68. The Bertz CT molecular complexity index is 906. The largest absolute Gasteiger partial charge is 0.481 e. The Morgan fingerprint density at radius 3 is 2.62 bits per heavy atom. The van der Waals surface area contributed by atoms with E-state index in [1.807, 2.05) is 49.4 Å². The Morgan fingerprint density at radius 1 is 1.04 bits per heavy atom. The third-order valence-electron chi connectivity index (χ3n) is 3.53. The van der Waals surface area contributed by atoms with Gasteiger partial charge in [-0.1, -0.05) is 46.3 Å². The monoisotopic (exact) mass is 448 g/mol. The molecule has 122 valence electrons. The molecule has 3 aromatic rings. The molecule has 24 heavy (non-hydrogen) atoms. The van der Waals surface area contributed by atoms with Crippen molar-refractivity contribution in [3.8, 4) is 11.5 Å². The van der Waals surface area contributed by atoms with Crippen LogP contribution in [-0.2, 0) is 4.79 Å². The van der Waals surface area contributed by atoms with Crippen molar-refractivity contribution < 1.29 is 14.3 Å². The number of fused-ring (bicyclic) bond motifs is 1. The number of rotatable bonds is 4. The predicted octanol–water partition coefficient (Wildman–Crippen LogP) is 5.66. The van der Waals surface area contributed by atoms with Gasteiger partial charge in [-0.2, -0.15) is 0 Å². The Kier molecular flexibility index (Phi) is 5.21. The molecule has 0 heterocycles. The van der Waals surface area contributed by atoms with Crippen molar-refractivity contribution in [2.75, 3.05) is 6.61 Å². The smallest absolute Gasteiger partial charge is 0.349 e. The highest BCUT2D eigenvalue weighted by Crippen LogP contribution is 2.33. The maximum absolute atomic E-state index is 12.0. The van der Waals surface area contributed by atoms with Crippen molar-refractivity contribution in [1.82, 2.24) is 0 Å². The summed E-state index contributed by atoms with van der Waals surface area (Å²) in [5, 5.41) is 2.14. The third kappa shape index (κ3) is 3.79. The van der Waals surface area contributed by atoms with Gasteiger partial charge >= 0.3 is 5.97 Å². The number of halogens is 2. The minimum Gasteiger partial charge on any atom is -0.481 e. The second-order valence-corrected chi connectivity index (χ2v) is 6.92. The molecule has 0 aliphatic rings. The Morgan fingerprint density at radius 2 is 1.83 bits per heavy atom. The summed E-state index contributed by atoms with van der Waals surface area (Å²) in [5.74, 6) is 0.663. The standard InChI is InChI=1S/C19H14Br2O3/c1-12-10-14(7-8-16(12)20)24-18(22)11-23-17-9-6-13-4-2-3-5-15(13)19(17)21/h2-10H,11H2,1H3. The minimum absolute atomic E-state index is 0.161. The van der Waals surface area contributed by atoms with Crippen molar-refractivity contribution in [3.63, 3.8) is 0 Å². The third-order valence-corrected chi connectivity index (χ3v) is 5.24. The van der Waals surface area contributed by atoms with Gasteiger partial charge in [0.15, 0.2) is 6.61 Å². The molecule has 0 spiro atoms. The molecule has 0 fully saturated rings. The van der Waals surface area contributed by atoms with Crippen LogP contribution in [0, 0.1) is 6.92 Å². The zero-order chi connectivity index (χ0) is 17.1. The molecule has 5 heteroatoms. The van der Waals surface area contributed by atoms with E-state index >= 15 is 0 Å². The summed E-state index contributed by atoms with van der Waals surface area (Å²) in [7, 11) is 0. The molecule has 0 aromatic heterocycles. The van der Waals surface area contributed by atoms with Crippen molar-refractivity contribution >= 4 is 48.6 Å². The summed E-state index contributed by atoms with van der Waals surface area (Å²) in [6.45, 7) is 1.77. The first-order valence-electron chi connectivity index (χ1n) is 7.31. The summed E-state index contributed by atoms with van der Waals surface area (Å²) in [6.07, 6.45) is 0. The van der Waals surface area contributed by atoms with Crippen LogP contribution in [0.1, 0.15) is 5.56 Å². The summed E-state index contributed by atoms with van der Waals surface area (Å²) in [4.78, 5) is 12.0. The molecule has 3 aromatic carbocycles. The van der Waals surface area contributed by atoms with Gasteiger partial charge in [0, 0.05) is 4.47 Å². The summed E-state index contributed by atoms with van der Waals surface area (Å²) < 4.78 is 12.7. The van der Waals surface area contributed by atoms with Gasteiger partial charge < -0.3 is 9.47 Å². The van der Waals surface area contributed by atoms with Gasteiger partial charge in [-0.3, -0.25) is 0 Å². The number of aryl methyl sites for hydroxylation is 1. The molecule has 0 N–H and O–H groups in total. The van der Waals surface area contributed by atoms with Crippen LogP contribution < -0.4 is 9.47 Å². The number of benzene rings is 3. The molecular weight excluding hydrogens is 436 g/mol. The van der Waals surface area contributed by atoms with E-state index in [9.17, 15) is 4.79 Å². The molecule has 0 atom stereocenters. The van der Waals surface area contributed by atoms with Gasteiger partial charge in [0.1, 0.15) is 11.5 Å². The molecule has 0 unspecified atom stereocenters. The molecule has 0 saturated carbocycles. The van der Waals surface area contributed by atoms with E-state index in [0.29, 0.717) is 11.5 Å². The zero-order valence-corrected chi connectivity index (χ0v) is 16.1. The van der Waals surface area contributed by atoms with Crippen LogP contribution >= 0.6 is 31.9 Å². The molecular formula is C19H14Br2O3. The molecule has 0 saturated heterocycles. The molecule has 3 rings (SSSR count). The van der Waals surface area contributed by atoms with Crippen molar-refractivity contribution in [2.24, 2.45) is 0 Å². The topological polar surface area (TPSA) is 35.5 Å². The predicted molar refractivity (Wildman–Crippen MR) is 102 cm³/mol. The van der Waals surface area contributed by atoms with Crippen LogP contribution in [-0.4, -0.2) is 12.6 Å². The highest BCUT2D eigenvalue weighted by molar-refractivity contribution is 9.11. The maximum atomic E-state index is 12.0. The number of esters is 1. The maximum Gasteiger partial charge on any atom is 0.349 e. The first kappa shape index (κ1) is 17.0. The van der Waals surface area contributed by atoms with E-state index in [1.165, 1.54) is 0 Å². The first-order chi connectivity index (χ1) is 11.5. The van der Waals surface area contributed by atoms with Gasteiger partial charge in [0.2, 0.25) is 0 Å². The lowest BCUT2D eigenvalue weighted by Gasteiger charge is -2.10. The lowest BCUT2D eigenvalue weighted by Crippen LogP contribution is -2.17. The molecule has 0 amide bonds. The highest BCUT2D eigenvalue weighted by atomic mass is 79.9. The van der Waals surface area contributed by atoms with Crippen molar-refractivity contribution in [3.05, 3.63) is 69.1 Å². The number of hydrogen-bond donors (Lipinski definition) is 0.